The quantitative estimate of drug-likeness (QED) is 0.135. The van der Waals surface area contributed by atoms with Gasteiger partial charge in [0.15, 0.2) is 0 Å². The minimum absolute atomic E-state index is 0. The summed E-state index contributed by atoms with van der Waals surface area (Å²) >= 11 is 0. The summed E-state index contributed by atoms with van der Waals surface area (Å²) in [5.41, 5.74) is 4.67. The molecule has 0 aliphatic heterocycles. The maximum atomic E-state index is 8.60. The molecule has 41 heavy (non-hydrogen) atoms. The van der Waals surface area contributed by atoms with E-state index in [0.717, 1.165) is 38.3 Å². The number of aryl methyl sites for hydroxylation is 2. The minimum Gasteiger partial charge on any atom is -0.501 e. The first-order valence-electron chi connectivity index (χ1n) is 17.0. The Morgan fingerprint density at radius 2 is 1.66 bits per heavy atom. The largest absolute Gasteiger partial charge is 0.501 e. The molecule has 0 bridgehead atoms. The number of nitrogens with zero attached hydrogens (tertiary/aromatic N) is 2. The second-order valence-corrected chi connectivity index (χ2v) is 10.7. The van der Waals surface area contributed by atoms with Crippen LogP contribution in [0, 0.1) is 31.3 Å². The van der Waals surface area contributed by atoms with Crippen LogP contribution in [0.25, 0.3) is 55.2 Å². The Bertz CT molecular complexity index is 2160. The van der Waals surface area contributed by atoms with Crippen LogP contribution in [-0.4, -0.2) is 9.97 Å². The maximum absolute atomic E-state index is 8.60. The minimum atomic E-state index is -2.18. The van der Waals surface area contributed by atoms with Crippen molar-refractivity contribution < 1.29 is 35.5 Å². The van der Waals surface area contributed by atoms with Gasteiger partial charge in [0.1, 0.15) is 5.58 Å². The van der Waals surface area contributed by atoms with Crippen LogP contribution in [0.1, 0.15) is 48.4 Å². The van der Waals surface area contributed by atoms with Crippen molar-refractivity contribution in [1.82, 2.24) is 9.97 Å². The number of pyridine rings is 2. The van der Waals surface area contributed by atoms with Crippen molar-refractivity contribution in [3.63, 3.8) is 0 Å². The van der Waals surface area contributed by atoms with Crippen molar-refractivity contribution in [2.45, 2.75) is 40.8 Å². The molecule has 7 aromatic rings. The Morgan fingerprint density at radius 1 is 0.829 bits per heavy atom. The molecule has 1 radical (unpaired) electrons. The Labute approximate surface area is 266 Å². The molecule has 3 nitrogen and oxygen atoms in total. The fourth-order valence-electron chi connectivity index (χ4n) is 4.77. The Kier molecular flexibility index (Phi) is 5.67. The third kappa shape index (κ3) is 6.10. The molecule has 0 N–H and O–H groups in total. The van der Waals surface area contributed by atoms with Gasteiger partial charge in [0, 0.05) is 48.9 Å². The zero-order chi connectivity index (χ0) is 34.6. The number of furan rings is 1. The first-order chi connectivity index (χ1) is 22.4. The number of hydrogen-bond acceptors (Lipinski definition) is 3. The number of benzene rings is 4. The summed E-state index contributed by atoms with van der Waals surface area (Å²) in [6.07, 6.45) is 1.48. The Balaban J connectivity index is 0.000000199. The predicted octanol–water partition coefficient (Wildman–Crippen LogP) is 9.79. The topological polar surface area (TPSA) is 38.9 Å². The number of hydrogen-bond donors (Lipinski definition) is 0. The van der Waals surface area contributed by atoms with E-state index in [9.17, 15) is 0 Å². The third-order valence-electron chi connectivity index (χ3n) is 6.47. The normalized spacial score (nSPS) is 15.3. The average Bonchev–Trinajstić information content (AvgIpc) is 3.44. The number of rotatable bonds is 3. The molecule has 3 aromatic heterocycles. The summed E-state index contributed by atoms with van der Waals surface area (Å²) in [6.45, 7) is 1.38. The van der Waals surface area contributed by atoms with Gasteiger partial charge in [-0.2, -0.15) is 0 Å². The first-order valence-corrected chi connectivity index (χ1v) is 13.0. The van der Waals surface area contributed by atoms with Gasteiger partial charge in [0.05, 0.1) is 5.58 Å². The van der Waals surface area contributed by atoms with Gasteiger partial charge in [-0.25, -0.2) is 0 Å². The van der Waals surface area contributed by atoms with Gasteiger partial charge in [0.25, 0.3) is 0 Å². The maximum Gasteiger partial charge on any atom is 0.121 e. The van der Waals surface area contributed by atoms with E-state index in [1.165, 1.54) is 24.4 Å². The smallest absolute Gasteiger partial charge is 0.121 e. The fourth-order valence-corrected chi connectivity index (χ4v) is 4.77. The second-order valence-electron chi connectivity index (χ2n) is 10.7. The van der Waals surface area contributed by atoms with Crippen LogP contribution in [0.2, 0.25) is 0 Å². The molecule has 3 heterocycles. The van der Waals surface area contributed by atoms with Crippen LogP contribution in [0.4, 0.5) is 0 Å². The van der Waals surface area contributed by atoms with Gasteiger partial charge in [-0.1, -0.05) is 86.6 Å². The molecule has 0 saturated carbocycles. The SMILES string of the molecule is [2H]C([2H])([2H])c1c[c-]c(-c2ccc(C([2H])([2H])[2H])cn2)cc1.[2H]C([2H])(c1ccnc(-c2[c-]cc3ccc4cccc5oc2c3c45)c1)C(C)(C)C.[Ir]. The molecule has 0 fully saturated rings. The van der Waals surface area contributed by atoms with Crippen LogP contribution in [-0.2, 0) is 26.5 Å². The van der Waals surface area contributed by atoms with Crippen LogP contribution in [0.15, 0.2) is 95.7 Å². The average molecular weight is 721 g/mol. The summed E-state index contributed by atoms with van der Waals surface area (Å²) in [7, 11) is 0. The van der Waals surface area contributed by atoms with Crippen molar-refractivity contribution in [2.24, 2.45) is 5.41 Å². The number of aromatic nitrogens is 2. The van der Waals surface area contributed by atoms with Gasteiger partial charge in [-0.15, -0.1) is 47.5 Å². The summed E-state index contributed by atoms with van der Waals surface area (Å²) in [4.78, 5) is 8.60. The van der Waals surface area contributed by atoms with Crippen LogP contribution in [0.3, 0.4) is 0 Å². The van der Waals surface area contributed by atoms with Gasteiger partial charge in [-0.3, -0.25) is 0 Å². The van der Waals surface area contributed by atoms with Crippen molar-refractivity contribution in [3.05, 3.63) is 120 Å². The summed E-state index contributed by atoms with van der Waals surface area (Å²) in [5, 5.41) is 4.42. The standard InChI is InChI=1S/C24H20NO.C13H12N.Ir/c1-24(2,3)14-15-11-12-25-19(13-15)18-10-9-17-8-7-16-5-4-6-20-21(16)22(17)23(18)26-20;1-10-3-6-12(7-4-10)13-8-5-11(2)9-14-13;/h4-9,11-13H,14H2,1-3H3;3-6,8-9H,1-2H3;/q2*-1;/i14D2;1D3,2D3;. The molecule has 207 valence electrons. The van der Waals surface area contributed by atoms with Crippen LogP contribution in [0.5, 0.6) is 0 Å². The van der Waals surface area contributed by atoms with Gasteiger partial charge < -0.3 is 14.4 Å². The molecule has 4 heteroatoms. The van der Waals surface area contributed by atoms with Crippen molar-refractivity contribution >= 4 is 32.7 Å². The molecular formula is C37H32IrN2O-2. The molecular weight excluding hydrogens is 681 g/mol. The summed E-state index contributed by atoms with van der Waals surface area (Å²) < 4.78 is 67.1. The molecule has 0 unspecified atom stereocenters. The summed E-state index contributed by atoms with van der Waals surface area (Å²) in [5.74, 6) is 0. The molecule has 0 saturated heterocycles. The van der Waals surface area contributed by atoms with E-state index in [2.05, 4.69) is 40.3 Å². The molecule has 4 aromatic carbocycles. The molecule has 0 aliphatic carbocycles. The van der Waals surface area contributed by atoms with Crippen molar-refractivity contribution in [3.8, 4) is 22.5 Å². The molecule has 0 aliphatic rings. The van der Waals surface area contributed by atoms with Crippen molar-refractivity contribution in [2.75, 3.05) is 0 Å². The van der Waals surface area contributed by atoms with E-state index >= 15 is 0 Å². The van der Waals surface area contributed by atoms with Gasteiger partial charge >= 0.3 is 0 Å². The monoisotopic (exact) mass is 721 g/mol. The van der Waals surface area contributed by atoms with E-state index in [0.29, 0.717) is 22.5 Å². The molecule has 0 spiro atoms. The zero-order valence-corrected chi connectivity index (χ0v) is 25.2. The zero-order valence-electron chi connectivity index (χ0n) is 30.8. The van der Waals surface area contributed by atoms with E-state index < -0.39 is 25.5 Å². The van der Waals surface area contributed by atoms with Crippen molar-refractivity contribution in [1.29, 1.82) is 0 Å². The Morgan fingerprint density at radius 3 is 2.39 bits per heavy atom. The van der Waals surface area contributed by atoms with E-state index in [1.54, 1.807) is 24.4 Å². The molecule has 0 atom stereocenters. The second kappa shape index (κ2) is 11.6. The van der Waals surface area contributed by atoms with E-state index in [1.807, 2.05) is 45.0 Å². The molecule has 7 rings (SSSR count). The predicted molar refractivity (Wildman–Crippen MR) is 166 cm³/mol. The van der Waals surface area contributed by atoms with Gasteiger partial charge in [0.2, 0.25) is 0 Å². The van der Waals surface area contributed by atoms with Gasteiger partial charge in [-0.05, 0) is 58.5 Å². The fraction of sp³-hybridized carbons (Fsp3) is 0.189. The first kappa shape index (κ1) is 20.1. The van der Waals surface area contributed by atoms with E-state index in [4.69, 9.17) is 15.4 Å². The van der Waals surface area contributed by atoms with Crippen LogP contribution < -0.4 is 0 Å². The molecule has 0 amide bonds. The van der Waals surface area contributed by atoms with E-state index in [-0.39, 0.29) is 31.2 Å². The Hall–Kier alpha value is -3.85. The third-order valence-corrected chi connectivity index (χ3v) is 6.47. The van der Waals surface area contributed by atoms with Crippen LogP contribution >= 0.6 is 0 Å². The summed E-state index contributed by atoms with van der Waals surface area (Å²) in [6, 6.07) is 29.6.